The number of rotatable bonds is 4. The molecule has 2 heterocycles. The first kappa shape index (κ1) is 12.5. The third-order valence-corrected chi connectivity index (χ3v) is 3.88. The Morgan fingerprint density at radius 1 is 1.59 bits per heavy atom. The Balaban J connectivity index is 1.99. The summed E-state index contributed by atoms with van der Waals surface area (Å²) in [7, 11) is 0. The molecule has 1 amide bonds. The molecule has 2 aromatic heterocycles. The van der Waals surface area contributed by atoms with Crippen LogP contribution in [0.2, 0.25) is 0 Å². The molecule has 1 N–H and O–H groups in total. The standard InChI is InChI=1S/C10H10ClN3OS2/c1-6(11)9(15)12-10-14-13-8(17-10)5-7-3-2-4-16-7/h2-4,6H,5H2,1H3,(H,12,14,15). The predicted octanol–water partition coefficient (Wildman–Crippen LogP) is 2.76. The molecule has 0 radical (unpaired) electrons. The van der Waals surface area contributed by atoms with E-state index in [0.29, 0.717) is 5.13 Å². The molecular formula is C10H10ClN3OS2. The second-order valence-corrected chi connectivity index (χ2v) is 6.11. The van der Waals surface area contributed by atoms with Crippen LogP contribution >= 0.6 is 34.3 Å². The number of thiophene rings is 1. The summed E-state index contributed by atoms with van der Waals surface area (Å²) < 4.78 is 0. The quantitative estimate of drug-likeness (QED) is 0.880. The molecule has 2 rings (SSSR count). The van der Waals surface area contributed by atoms with E-state index in [-0.39, 0.29) is 5.91 Å². The van der Waals surface area contributed by atoms with Crippen molar-refractivity contribution in [2.75, 3.05) is 5.32 Å². The molecule has 0 spiro atoms. The Morgan fingerprint density at radius 2 is 2.41 bits per heavy atom. The van der Waals surface area contributed by atoms with Gasteiger partial charge in [-0.05, 0) is 18.4 Å². The smallest absolute Gasteiger partial charge is 0.243 e. The molecule has 1 unspecified atom stereocenters. The molecule has 0 fully saturated rings. The number of nitrogens with one attached hydrogen (secondary N) is 1. The monoisotopic (exact) mass is 287 g/mol. The van der Waals surface area contributed by atoms with E-state index in [0.717, 1.165) is 11.4 Å². The Labute approximate surface area is 112 Å². The largest absolute Gasteiger partial charge is 0.299 e. The van der Waals surface area contributed by atoms with Crippen LogP contribution in [0, 0.1) is 0 Å². The summed E-state index contributed by atoms with van der Waals surface area (Å²) in [5, 5.41) is 13.4. The number of aromatic nitrogens is 2. The zero-order valence-corrected chi connectivity index (χ0v) is 11.4. The second-order valence-electron chi connectivity index (χ2n) is 3.36. The second kappa shape index (κ2) is 5.57. The minimum atomic E-state index is -0.570. The first-order valence-electron chi connectivity index (χ1n) is 4.95. The lowest BCUT2D eigenvalue weighted by Gasteiger charge is -2.00. The molecule has 2 aromatic rings. The van der Waals surface area contributed by atoms with Crippen molar-refractivity contribution in [3.63, 3.8) is 0 Å². The fourth-order valence-corrected chi connectivity index (χ4v) is 2.76. The van der Waals surface area contributed by atoms with E-state index >= 15 is 0 Å². The first-order valence-corrected chi connectivity index (χ1v) is 7.08. The molecular weight excluding hydrogens is 278 g/mol. The normalized spacial score (nSPS) is 12.4. The van der Waals surface area contributed by atoms with E-state index in [4.69, 9.17) is 11.6 Å². The van der Waals surface area contributed by atoms with E-state index in [9.17, 15) is 4.79 Å². The Hall–Kier alpha value is -0.980. The molecule has 0 bridgehead atoms. The van der Waals surface area contributed by atoms with Crippen LogP contribution in [-0.4, -0.2) is 21.5 Å². The predicted molar refractivity (Wildman–Crippen MR) is 71.0 cm³/mol. The van der Waals surface area contributed by atoms with E-state index in [1.165, 1.54) is 16.2 Å². The number of anilines is 1. The van der Waals surface area contributed by atoms with Gasteiger partial charge in [0.15, 0.2) is 0 Å². The summed E-state index contributed by atoms with van der Waals surface area (Å²) in [5.74, 6) is -0.259. The summed E-state index contributed by atoms with van der Waals surface area (Å²) in [6.07, 6.45) is 0.752. The number of carbonyl (C=O) groups excluding carboxylic acids is 1. The van der Waals surface area contributed by atoms with Gasteiger partial charge < -0.3 is 0 Å². The number of alkyl halides is 1. The zero-order chi connectivity index (χ0) is 12.3. The zero-order valence-electron chi connectivity index (χ0n) is 9.01. The summed E-state index contributed by atoms with van der Waals surface area (Å²) in [5.41, 5.74) is 0. The van der Waals surface area contributed by atoms with Crippen LogP contribution in [0.3, 0.4) is 0 Å². The minimum absolute atomic E-state index is 0.259. The van der Waals surface area contributed by atoms with Gasteiger partial charge >= 0.3 is 0 Å². The number of halogens is 1. The van der Waals surface area contributed by atoms with E-state index < -0.39 is 5.38 Å². The van der Waals surface area contributed by atoms with Crippen molar-refractivity contribution < 1.29 is 4.79 Å². The maximum atomic E-state index is 11.3. The van der Waals surface area contributed by atoms with Crippen molar-refractivity contribution in [2.24, 2.45) is 0 Å². The van der Waals surface area contributed by atoms with Gasteiger partial charge in [-0.2, -0.15) is 0 Å². The van der Waals surface area contributed by atoms with Gasteiger partial charge in [-0.15, -0.1) is 33.1 Å². The molecule has 17 heavy (non-hydrogen) atoms. The summed E-state index contributed by atoms with van der Waals surface area (Å²) >= 11 is 8.69. The van der Waals surface area contributed by atoms with Crippen molar-refractivity contribution in [3.05, 3.63) is 27.4 Å². The van der Waals surface area contributed by atoms with Crippen LogP contribution in [0.25, 0.3) is 0 Å². The van der Waals surface area contributed by atoms with Crippen LogP contribution in [0.4, 0.5) is 5.13 Å². The number of carbonyl (C=O) groups is 1. The van der Waals surface area contributed by atoms with Crippen LogP contribution < -0.4 is 5.32 Å². The lowest BCUT2D eigenvalue weighted by molar-refractivity contribution is -0.115. The van der Waals surface area contributed by atoms with Gasteiger partial charge in [-0.1, -0.05) is 17.4 Å². The van der Waals surface area contributed by atoms with Crippen molar-refractivity contribution in [2.45, 2.75) is 18.7 Å². The Bertz CT molecular complexity index is 495. The van der Waals surface area contributed by atoms with Crippen LogP contribution in [0.5, 0.6) is 0 Å². The lowest BCUT2D eigenvalue weighted by atomic mass is 10.4. The highest BCUT2D eigenvalue weighted by Crippen LogP contribution is 2.21. The average Bonchev–Trinajstić information content (AvgIpc) is 2.91. The highest BCUT2D eigenvalue weighted by molar-refractivity contribution is 7.15. The third-order valence-electron chi connectivity index (χ3n) is 1.96. The number of hydrogen-bond acceptors (Lipinski definition) is 5. The van der Waals surface area contributed by atoms with Crippen molar-refractivity contribution >= 4 is 45.3 Å². The summed E-state index contributed by atoms with van der Waals surface area (Å²) in [6.45, 7) is 1.62. The van der Waals surface area contributed by atoms with E-state index in [1.807, 2.05) is 17.5 Å². The SMILES string of the molecule is CC(Cl)C(=O)Nc1nnc(Cc2cccs2)s1. The van der Waals surface area contributed by atoms with Crippen molar-refractivity contribution in [1.29, 1.82) is 0 Å². The molecule has 7 heteroatoms. The summed E-state index contributed by atoms with van der Waals surface area (Å²) in [6, 6.07) is 4.05. The molecule has 0 saturated carbocycles. The Morgan fingerprint density at radius 3 is 3.06 bits per heavy atom. The van der Waals surface area contributed by atoms with E-state index in [1.54, 1.807) is 18.3 Å². The molecule has 90 valence electrons. The van der Waals surface area contributed by atoms with Crippen molar-refractivity contribution in [3.8, 4) is 0 Å². The maximum absolute atomic E-state index is 11.3. The van der Waals surface area contributed by atoms with Gasteiger partial charge in [-0.25, -0.2) is 0 Å². The highest BCUT2D eigenvalue weighted by Gasteiger charge is 2.12. The molecule has 0 aromatic carbocycles. The molecule has 1 atom stereocenters. The molecule has 0 aliphatic heterocycles. The molecule has 0 aliphatic carbocycles. The van der Waals surface area contributed by atoms with Gasteiger partial charge in [0.05, 0.1) is 0 Å². The molecule has 0 aliphatic rings. The van der Waals surface area contributed by atoms with Crippen LogP contribution in [0.1, 0.15) is 16.8 Å². The van der Waals surface area contributed by atoms with Gasteiger partial charge in [0.1, 0.15) is 10.4 Å². The van der Waals surface area contributed by atoms with Crippen LogP contribution in [0.15, 0.2) is 17.5 Å². The fourth-order valence-electron chi connectivity index (χ4n) is 1.14. The number of nitrogens with zero attached hydrogens (tertiary/aromatic N) is 2. The van der Waals surface area contributed by atoms with Gasteiger partial charge in [0, 0.05) is 11.3 Å². The number of amides is 1. The summed E-state index contributed by atoms with van der Waals surface area (Å²) in [4.78, 5) is 12.6. The fraction of sp³-hybridized carbons (Fsp3) is 0.300. The third kappa shape index (κ3) is 3.49. The first-order chi connectivity index (χ1) is 8.15. The topological polar surface area (TPSA) is 54.9 Å². The van der Waals surface area contributed by atoms with Crippen LogP contribution in [-0.2, 0) is 11.2 Å². The maximum Gasteiger partial charge on any atom is 0.243 e. The number of hydrogen-bond donors (Lipinski definition) is 1. The van der Waals surface area contributed by atoms with Gasteiger partial charge in [0.25, 0.3) is 0 Å². The molecule has 4 nitrogen and oxygen atoms in total. The average molecular weight is 288 g/mol. The Kier molecular flexibility index (Phi) is 4.09. The van der Waals surface area contributed by atoms with Gasteiger partial charge in [-0.3, -0.25) is 10.1 Å². The van der Waals surface area contributed by atoms with Gasteiger partial charge in [0.2, 0.25) is 11.0 Å². The minimum Gasteiger partial charge on any atom is -0.299 e. The highest BCUT2D eigenvalue weighted by atomic mass is 35.5. The molecule has 0 saturated heterocycles. The van der Waals surface area contributed by atoms with Crippen molar-refractivity contribution in [1.82, 2.24) is 10.2 Å². The lowest BCUT2D eigenvalue weighted by Crippen LogP contribution is -2.20. The van der Waals surface area contributed by atoms with E-state index in [2.05, 4.69) is 15.5 Å².